The fourth-order valence-corrected chi connectivity index (χ4v) is 2.43. The minimum atomic E-state index is -3.64. The molecule has 0 aliphatic heterocycles. The van der Waals surface area contributed by atoms with E-state index in [2.05, 4.69) is 5.32 Å². The largest absolute Gasteiger partial charge is 0.358 e. The lowest BCUT2D eigenvalue weighted by Gasteiger charge is -2.04. The third-order valence-electron chi connectivity index (χ3n) is 2.22. The van der Waals surface area contributed by atoms with Gasteiger partial charge in [-0.15, -0.1) is 0 Å². The lowest BCUT2D eigenvalue weighted by Crippen LogP contribution is -2.27. The minimum absolute atomic E-state index is 0.0334. The summed E-state index contributed by atoms with van der Waals surface area (Å²) in [6, 6.07) is 5.52. The topological polar surface area (TPSA) is 80.3 Å². The molecule has 1 N–H and O–H groups in total. The number of ketones is 1. The van der Waals surface area contributed by atoms with Crippen LogP contribution in [0.5, 0.6) is 0 Å². The van der Waals surface area contributed by atoms with Crippen LogP contribution >= 0.6 is 0 Å². The summed E-state index contributed by atoms with van der Waals surface area (Å²) in [4.78, 5) is 22.1. The van der Waals surface area contributed by atoms with Crippen molar-refractivity contribution in [3.63, 3.8) is 0 Å². The maximum absolute atomic E-state index is 11.7. The molecular formula is C11H13NO4S. The van der Waals surface area contributed by atoms with Crippen molar-refractivity contribution in [2.24, 2.45) is 0 Å². The first-order valence-electron chi connectivity index (χ1n) is 4.91. The van der Waals surface area contributed by atoms with E-state index >= 15 is 0 Å². The van der Waals surface area contributed by atoms with Gasteiger partial charge >= 0.3 is 0 Å². The van der Waals surface area contributed by atoms with E-state index in [0.717, 1.165) is 0 Å². The molecule has 0 radical (unpaired) electrons. The van der Waals surface area contributed by atoms with Crippen LogP contribution in [0, 0.1) is 0 Å². The van der Waals surface area contributed by atoms with Crippen molar-refractivity contribution in [2.75, 3.05) is 12.8 Å². The molecule has 0 bridgehead atoms. The molecule has 0 aromatic heterocycles. The molecule has 1 rings (SSSR count). The van der Waals surface area contributed by atoms with E-state index in [0.29, 0.717) is 5.56 Å². The fraction of sp³-hybridized carbons (Fsp3) is 0.273. The molecule has 0 heterocycles. The second-order valence-electron chi connectivity index (χ2n) is 3.51. The molecule has 1 aromatic rings. The molecule has 0 aliphatic rings. The van der Waals surface area contributed by atoms with Crippen LogP contribution in [0.1, 0.15) is 17.3 Å². The summed E-state index contributed by atoms with van der Waals surface area (Å²) in [6.07, 6.45) is 0. The molecule has 17 heavy (non-hydrogen) atoms. The summed E-state index contributed by atoms with van der Waals surface area (Å²) >= 11 is 0. The maximum atomic E-state index is 11.7. The van der Waals surface area contributed by atoms with Crippen molar-refractivity contribution >= 4 is 21.5 Å². The molecule has 6 heteroatoms. The van der Waals surface area contributed by atoms with Crippen LogP contribution in [-0.4, -0.2) is 32.9 Å². The quantitative estimate of drug-likeness (QED) is 0.790. The Labute approximate surface area is 99.8 Å². The number of amides is 1. The number of rotatable bonds is 4. The van der Waals surface area contributed by atoms with E-state index in [-0.39, 0.29) is 10.7 Å². The summed E-state index contributed by atoms with van der Waals surface area (Å²) in [6.45, 7) is 1.40. The highest BCUT2D eigenvalue weighted by atomic mass is 32.2. The predicted octanol–water partition coefficient (Wildman–Crippen LogP) is 0.409. The number of Topliss-reactive ketones (excluding diaryl/α,β-unsaturated/α-hetero) is 1. The van der Waals surface area contributed by atoms with Gasteiger partial charge in [0, 0.05) is 12.6 Å². The zero-order valence-corrected chi connectivity index (χ0v) is 10.4. The first kappa shape index (κ1) is 13.4. The first-order chi connectivity index (χ1) is 7.86. The molecule has 92 valence electrons. The van der Waals surface area contributed by atoms with Gasteiger partial charge in [0.2, 0.25) is 5.91 Å². The molecule has 0 saturated heterocycles. The molecule has 1 aromatic carbocycles. The molecule has 5 nitrogen and oxygen atoms in total. The van der Waals surface area contributed by atoms with Crippen LogP contribution in [0.25, 0.3) is 0 Å². The Morgan fingerprint density at radius 2 is 1.71 bits per heavy atom. The van der Waals surface area contributed by atoms with Gasteiger partial charge in [-0.1, -0.05) is 12.1 Å². The van der Waals surface area contributed by atoms with Crippen molar-refractivity contribution in [1.29, 1.82) is 0 Å². The smallest absolute Gasteiger partial charge is 0.235 e. The van der Waals surface area contributed by atoms with Crippen molar-refractivity contribution in [2.45, 2.75) is 11.8 Å². The summed E-state index contributed by atoms with van der Waals surface area (Å²) in [7, 11) is -2.27. The van der Waals surface area contributed by atoms with Gasteiger partial charge in [0.05, 0.1) is 4.90 Å². The Hall–Kier alpha value is -1.69. The molecule has 0 fully saturated rings. The molecular weight excluding hydrogens is 242 g/mol. The van der Waals surface area contributed by atoms with E-state index in [1.165, 1.54) is 38.2 Å². The van der Waals surface area contributed by atoms with E-state index in [1.54, 1.807) is 0 Å². The summed E-state index contributed by atoms with van der Waals surface area (Å²) in [5.74, 6) is -1.30. The lowest BCUT2D eigenvalue weighted by molar-refractivity contribution is -0.118. The van der Waals surface area contributed by atoms with Gasteiger partial charge in [0.15, 0.2) is 15.6 Å². The van der Waals surface area contributed by atoms with Crippen LogP contribution in [-0.2, 0) is 14.6 Å². The number of hydrogen-bond acceptors (Lipinski definition) is 4. The third kappa shape index (κ3) is 3.39. The second-order valence-corrected chi connectivity index (χ2v) is 5.50. The maximum Gasteiger partial charge on any atom is 0.235 e. The molecule has 0 saturated carbocycles. The van der Waals surface area contributed by atoms with Crippen LogP contribution in [0.4, 0.5) is 0 Å². The number of sulfone groups is 1. The Morgan fingerprint density at radius 1 is 1.18 bits per heavy atom. The number of carbonyl (C=O) groups is 2. The van der Waals surface area contributed by atoms with E-state index < -0.39 is 21.5 Å². The van der Waals surface area contributed by atoms with Gasteiger partial charge in [0.1, 0.15) is 5.75 Å². The van der Waals surface area contributed by atoms with Crippen LogP contribution in [0.15, 0.2) is 29.2 Å². The number of hydrogen-bond donors (Lipinski definition) is 1. The minimum Gasteiger partial charge on any atom is -0.358 e. The molecule has 0 unspecified atom stereocenters. The SMILES string of the molecule is CNC(=O)CS(=O)(=O)c1ccc(C(C)=O)cc1. The average molecular weight is 255 g/mol. The summed E-state index contributed by atoms with van der Waals surface area (Å²) < 4.78 is 23.5. The average Bonchev–Trinajstić information content (AvgIpc) is 2.28. The van der Waals surface area contributed by atoms with Crippen molar-refractivity contribution in [1.82, 2.24) is 5.32 Å². The second kappa shape index (κ2) is 5.09. The molecule has 0 aliphatic carbocycles. The van der Waals surface area contributed by atoms with Gasteiger partial charge < -0.3 is 5.32 Å². The normalized spacial score (nSPS) is 10.9. The van der Waals surface area contributed by atoms with E-state index in [9.17, 15) is 18.0 Å². The third-order valence-corrected chi connectivity index (χ3v) is 3.85. The lowest BCUT2D eigenvalue weighted by atomic mass is 10.2. The summed E-state index contributed by atoms with van der Waals surface area (Å²) in [5.41, 5.74) is 0.434. The van der Waals surface area contributed by atoms with Crippen molar-refractivity contribution < 1.29 is 18.0 Å². The van der Waals surface area contributed by atoms with Gasteiger partial charge in [-0.05, 0) is 19.1 Å². The Bertz CT molecular complexity index is 531. The predicted molar refractivity (Wildman–Crippen MR) is 62.6 cm³/mol. The molecule has 1 amide bonds. The first-order valence-corrected chi connectivity index (χ1v) is 6.56. The Morgan fingerprint density at radius 3 is 2.12 bits per heavy atom. The molecule has 0 atom stereocenters. The Kier molecular flexibility index (Phi) is 4.01. The van der Waals surface area contributed by atoms with Gasteiger partial charge in [-0.2, -0.15) is 0 Å². The van der Waals surface area contributed by atoms with Crippen LogP contribution in [0.2, 0.25) is 0 Å². The zero-order valence-electron chi connectivity index (χ0n) is 9.56. The van der Waals surface area contributed by atoms with E-state index in [1.807, 2.05) is 0 Å². The number of carbonyl (C=O) groups excluding carboxylic acids is 2. The summed E-state index contributed by atoms with van der Waals surface area (Å²) in [5, 5.41) is 2.25. The highest BCUT2D eigenvalue weighted by molar-refractivity contribution is 7.92. The van der Waals surface area contributed by atoms with Crippen LogP contribution in [0.3, 0.4) is 0 Å². The number of nitrogens with one attached hydrogen (secondary N) is 1. The van der Waals surface area contributed by atoms with Crippen molar-refractivity contribution in [3.05, 3.63) is 29.8 Å². The number of benzene rings is 1. The molecule has 0 spiro atoms. The van der Waals surface area contributed by atoms with Gasteiger partial charge in [0.25, 0.3) is 0 Å². The standard InChI is InChI=1S/C11H13NO4S/c1-8(13)9-3-5-10(6-4-9)17(15,16)7-11(14)12-2/h3-6H,7H2,1-2H3,(H,12,14). The van der Waals surface area contributed by atoms with Crippen LogP contribution < -0.4 is 5.32 Å². The monoisotopic (exact) mass is 255 g/mol. The zero-order chi connectivity index (χ0) is 13.1. The van der Waals surface area contributed by atoms with Gasteiger partial charge in [-0.3, -0.25) is 9.59 Å². The Balaban J connectivity index is 3.00. The fourth-order valence-electron chi connectivity index (χ4n) is 1.23. The highest BCUT2D eigenvalue weighted by Crippen LogP contribution is 2.12. The van der Waals surface area contributed by atoms with Crippen molar-refractivity contribution in [3.8, 4) is 0 Å². The highest BCUT2D eigenvalue weighted by Gasteiger charge is 2.18. The van der Waals surface area contributed by atoms with Gasteiger partial charge in [-0.25, -0.2) is 8.42 Å². The van der Waals surface area contributed by atoms with E-state index in [4.69, 9.17) is 0 Å².